The molecule has 1 aromatic rings. The summed E-state index contributed by atoms with van der Waals surface area (Å²) in [5.41, 5.74) is 1.89. The van der Waals surface area contributed by atoms with Crippen molar-refractivity contribution >= 4 is 11.6 Å². The van der Waals surface area contributed by atoms with Gasteiger partial charge in [-0.05, 0) is 55.7 Å². The number of benzene rings is 1. The Hall–Kier alpha value is -2.30. The molecule has 0 fully saturated rings. The molecule has 1 amide bonds. The molecule has 0 unspecified atom stereocenters. The molecule has 0 saturated carbocycles. The number of nitrogens with one attached hydrogen (secondary N) is 1. The van der Waals surface area contributed by atoms with Crippen LogP contribution in [0.2, 0.25) is 0 Å². The van der Waals surface area contributed by atoms with Crippen molar-refractivity contribution in [3.05, 3.63) is 64.8 Å². The molecule has 1 aliphatic rings. The van der Waals surface area contributed by atoms with Crippen LogP contribution < -0.4 is 5.32 Å². The molecule has 22 heavy (non-hydrogen) atoms. The lowest BCUT2D eigenvalue weighted by atomic mass is 10.1. The third-order valence-corrected chi connectivity index (χ3v) is 3.47. The molecule has 2 nitrogen and oxygen atoms in total. The Morgan fingerprint density at radius 3 is 2.55 bits per heavy atom. The Morgan fingerprint density at radius 1 is 1.18 bits per heavy atom. The number of rotatable bonds is 2. The van der Waals surface area contributed by atoms with Crippen molar-refractivity contribution < 1.29 is 18.0 Å². The minimum Gasteiger partial charge on any atom is -0.322 e. The van der Waals surface area contributed by atoms with Gasteiger partial charge in [-0.3, -0.25) is 4.79 Å². The second kappa shape index (κ2) is 6.22. The van der Waals surface area contributed by atoms with E-state index in [1.165, 1.54) is 18.2 Å². The Balaban J connectivity index is 2.22. The first-order valence-electron chi connectivity index (χ1n) is 6.80. The summed E-state index contributed by atoms with van der Waals surface area (Å²) in [6.07, 6.45) is 0.459. The minimum atomic E-state index is -4.44. The molecule has 5 heteroatoms. The van der Waals surface area contributed by atoms with E-state index in [2.05, 4.69) is 5.32 Å². The second-order valence-corrected chi connectivity index (χ2v) is 5.17. The molecule has 0 aromatic heterocycles. The van der Waals surface area contributed by atoms with Crippen LogP contribution in [0.5, 0.6) is 0 Å². The summed E-state index contributed by atoms with van der Waals surface area (Å²) in [5.74, 6) is -0.559. The number of halogens is 3. The summed E-state index contributed by atoms with van der Waals surface area (Å²) >= 11 is 0. The maximum Gasteiger partial charge on any atom is 0.413 e. The molecular weight excluding hydrogens is 291 g/mol. The quantitative estimate of drug-likeness (QED) is 0.849. The van der Waals surface area contributed by atoms with Crippen molar-refractivity contribution in [3.63, 3.8) is 0 Å². The zero-order chi connectivity index (χ0) is 16.3. The average Bonchev–Trinajstić information content (AvgIpc) is 2.68. The van der Waals surface area contributed by atoms with Crippen molar-refractivity contribution in [1.29, 1.82) is 0 Å². The van der Waals surface area contributed by atoms with Gasteiger partial charge in [0.1, 0.15) is 0 Å². The molecule has 1 aromatic carbocycles. The summed E-state index contributed by atoms with van der Waals surface area (Å²) < 4.78 is 38.5. The molecule has 0 saturated heterocycles. The Morgan fingerprint density at radius 2 is 1.91 bits per heavy atom. The highest BCUT2D eigenvalue weighted by atomic mass is 19.4. The number of anilines is 1. The van der Waals surface area contributed by atoms with Gasteiger partial charge in [-0.25, -0.2) is 0 Å². The van der Waals surface area contributed by atoms with Crippen molar-refractivity contribution in [3.8, 4) is 0 Å². The predicted octanol–water partition coefficient (Wildman–Crippen LogP) is 4.62. The lowest BCUT2D eigenvalue weighted by molar-refractivity contribution is -0.112. The van der Waals surface area contributed by atoms with Crippen LogP contribution in [0.25, 0.3) is 0 Å². The molecule has 2 rings (SSSR count). The number of hydrogen-bond acceptors (Lipinski definition) is 1. The van der Waals surface area contributed by atoms with E-state index >= 15 is 0 Å². The maximum atomic E-state index is 12.8. The highest BCUT2D eigenvalue weighted by molar-refractivity contribution is 6.06. The number of alkyl halides is 3. The fourth-order valence-corrected chi connectivity index (χ4v) is 2.02. The van der Waals surface area contributed by atoms with Crippen LogP contribution in [0.4, 0.5) is 18.9 Å². The summed E-state index contributed by atoms with van der Waals surface area (Å²) in [6, 6.07) is 5.36. The smallest absolute Gasteiger partial charge is 0.322 e. The second-order valence-electron chi connectivity index (χ2n) is 5.17. The van der Waals surface area contributed by atoms with Crippen LogP contribution in [0.3, 0.4) is 0 Å². The Kier molecular flexibility index (Phi) is 4.54. The van der Waals surface area contributed by atoms with Crippen molar-refractivity contribution in [2.24, 2.45) is 0 Å². The molecule has 0 spiro atoms. The topological polar surface area (TPSA) is 29.1 Å². The maximum absolute atomic E-state index is 12.8. The fraction of sp³-hybridized carbons (Fsp3) is 0.235. The number of carbonyl (C=O) groups excluding carboxylic acids is 1. The molecule has 116 valence electrons. The normalized spacial score (nSPS) is 15.0. The average molecular weight is 307 g/mol. The number of amides is 1. The molecule has 0 atom stereocenters. The lowest BCUT2D eigenvalue weighted by Gasteiger charge is -2.11. The van der Waals surface area contributed by atoms with Gasteiger partial charge in [0, 0.05) is 16.8 Å². The zero-order valence-electron chi connectivity index (χ0n) is 12.3. The molecule has 1 N–H and O–H groups in total. The van der Waals surface area contributed by atoms with Gasteiger partial charge in [0.2, 0.25) is 0 Å². The van der Waals surface area contributed by atoms with Gasteiger partial charge in [-0.1, -0.05) is 18.2 Å². The number of hydrogen-bond donors (Lipinski definition) is 1. The molecule has 0 heterocycles. The van der Waals surface area contributed by atoms with E-state index in [-0.39, 0.29) is 12.0 Å². The van der Waals surface area contributed by atoms with Gasteiger partial charge < -0.3 is 5.32 Å². The SMILES string of the molecule is Cc1ccc(NC(=O)C2=CC=CCC(C(F)(F)F)=C2)cc1C. The van der Waals surface area contributed by atoms with Crippen molar-refractivity contribution in [2.75, 3.05) is 5.32 Å². The van der Waals surface area contributed by atoms with Crippen molar-refractivity contribution in [2.45, 2.75) is 26.4 Å². The zero-order valence-corrected chi connectivity index (χ0v) is 12.3. The van der Waals surface area contributed by atoms with E-state index in [9.17, 15) is 18.0 Å². The van der Waals surface area contributed by atoms with Gasteiger partial charge >= 0.3 is 6.18 Å². The summed E-state index contributed by atoms with van der Waals surface area (Å²) in [4.78, 5) is 12.2. The standard InChI is InChI=1S/C17H16F3NO/c1-11-7-8-15(9-12(11)2)21-16(22)13-5-3-4-6-14(10-13)17(18,19)20/h3-5,7-10H,6H2,1-2H3,(H,21,22). The Labute approximate surface area is 127 Å². The van der Waals surface area contributed by atoms with E-state index in [1.54, 1.807) is 12.1 Å². The summed E-state index contributed by atoms with van der Waals surface area (Å²) in [6.45, 7) is 3.85. The van der Waals surface area contributed by atoms with Crippen LogP contribution in [0.15, 0.2) is 53.6 Å². The van der Waals surface area contributed by atoms with E-state index in [4.69, 9.17) is 0 Å². The van der Waals surface area contributed by atoms with Gasteiger partial charge in [-0.2, -0.15) is 13.2 Å². The monoisotopic (exact) mass is 307 g/mol. The van der Waals surface area contributed by atoms with E-state index in [0.29, 0.717) is 5.69 Å². The van der Waals surface area contributed by atoms with Crippen LogP contribution >= 0.6 is 0 Å². The molecular formula is C17H16F3NO. The van der Waals surface area contributed by atoms with Crippen LogP contribution in [-0.2, 0) is 4.79 Å². The summed E-state index contributed by atoms with van der Waals surface area (Å²) in [7, 11) is 0. The van der Waals surface area contributed by atoms with Crippen molar-refractivity contribution in [1.82, 2.24) is 0 Å². The molecule has 0 bridgehead atoms. The van der Waals surface area contributed by atoms with Gasteiger partial charge in [0.15, 0.2) is 0 Å². The highest BCUT2D eigenvalue weighted by Gasteiger charge is 2.33. The first kappa shape index (κ1) is 16.1. The van der Waals surface area contributed by atoms with E-state index in [0.717, 1.165) is 17.2 Å². The first-order chi connectivity index (χ1) is 10.3. The molecule has 1 aliphatic carbocycles. The Bertz CT molecular complexity index is 682. The molecule has 0 radical (unpaired) electrons. The third kappa shape index (κ3) is 3.87. The first-order valence-corrected chi connectivity index (χ1v) is 6.80. The highest BCUT2D eigenvalue weighted by Crippen LogP contribution is 2.31. The van der Waals surface area contributed by atoms with E-state index < -0.39 is 17.7 Å². The van der Waals surface area contributed by atoms with Crippen LogP contribution in [0.1, 0.15) is 17.5 Å². The van der Waals surface area contributed by atoms with E-state index in [1.807, 2.05) is 19.9 Å². The largest absolute Gasteiger partial charge is 0.413 e. The lowest BCUT2D eigenvalue weighted by Crippen LogP contribution is -2.16. The number of carbonyl (C=O) groups is 1. The fourth-order valence-electron chi connectivity index (χ4n) is 2.02. The third-order valence-electron chi connectivity index (χ3n) is 3.47. The van der Waals surface area contributed by atoms with Crippen LogP contribution in [-0.4, -0.2) is 12.1 Å². The summed E-state index contributed by atoms with van der Waals surface area (Å²) in [5, 5.41) is 2.63. The number of allylic oxidation sites excluding steroid dienone is 4. The van der Waals surface area contributed by atoms with Gasteiger partial charge in [0.25, 0.3) is 5.91 Å². The van der Waals surface area contributed by atoms with Gasteiger partial charge in [0.05, 0.1) is 0 Å². The van der Waals surface area contributed by atoms with Crippen LogP contribution in [0, 0.1) is 13.8 Å². The molecule has 0 aliphatic heterocycles. The predicted molar refractivity (Wildman–Crippen MR) is 80.5 cm³/mol. The number of aryl methyl sites for hydroxylation is 2. The minimum absolute atomic E-state index is 0.0145. The van der Waals surface area contributed by atoms with Gasteiger partial charge in [-0.15, -0.1) is 0 Å².